The highest BCUT2D eigenvalue weighted by atomic mass is 35.5. The molecule has 0 saturated carbocycles. The quantitative estimate of drug-likeness (QED) is 0.896. The van der Waals surface area contributed by atoms with Crippen molar-refractivity contribution in [1.82, 2.24) is 10.2 Å². The summed E-state index contributed by atoms with van der Waals surface area (Å²) in [5.74, 6) is -0.699. The zero-order valence-electron chi connectivity index (χ0n) is 9.54. The summed E-state index contributed by atoms with van der Waals surface area (Å²) in [4.78, 5) is 13.9. The van der Waals surface area contributed by atoms with E-state index in [0.717, 1.165) is 13.1 Å². The Bertz CT molecular complexity index is 435. The molecule has 0 aromatic heterocycles. The van der Waals surface area contributed by atoms with Gasteiger partial charge in [0, 0.05) is 25.2 Å². The Kier molecular flexibility index (Phi) is 3.64. The molecule has 1 fully saturated rings. The van der Waals surface area contributed by atoms with Gasteiger partial charge in [0.1, 0.15) is 5.82 Å². The van der Waals surface area contributed by atoms with Crippen LogP contribution in [0.15, 0.2) is 18.2 Å². The van der Waals surface area contributed by atoms with Gasteiger partial charge in [-0.3, -0.25) is 4.79 Å². The standard InChI is InChI=1S/C12H14ClFN2O/c1-2-16(9-6-15-7-9)12(17)8-3-4-10(13)11(14)5-8/h3-5,9,15H,2,6-7H2,1H3. The molecule has 0 unspecified atom stereocenters. The van der Waals surface area contributed by atoms with E-state index in [1.165, 1.54) is 12.1 Å². The Morgan fingerprint density at radius 1 is 1.59 bits per heavy atom. The van der Waals surface area contributed by atoms with Crippen LogP contribution in [0.5, 0.6) is 0 Å². The van der Waals surface area contributed by atoms with E-state index in [1.54, 1.807) is 11.0 Å². The van der Waals surface area contributed by atoms with Gasteiger partial charge in [-0.2, -0.15) is 0 Å². The van der Waals surface area contributed by atoms with Gasteiger partial charge in [-0.25, -0.2) is 4.39 Å². The van der Waals surface area contributed by atoms with Crippen LogP contribution in [0.4, 0.5) is 4.39 Å². The summed E-state index contributed by atoms with van der Waals surface area (Å²) < 4.78 is 13.3. The van der Waals surface area contributed by atoms with Gasteiger partial charge >= 0.3 is 0 Å². The van der Waals surface area contributed by atoms with Gasteiger partial charge in [-0.1, -0.05) is 11.6 Å². The maximum Gasteiger partial charge on any atom is 0.254 e. The maximum atomic E-state index is 13.3. The summed E-state index contributed by atoms with van der Waals surface area (Å²) in [6.07, 6.45) is 0. The Labute approximate surface area is 105 Å². The molecule has 1 aliphatic heterocycles. The van der Waals surface area contributed by atoms with Gasteiger partial charge in [0.15, 0.2) is 0 Å². The van der Waals surface area contributed by atoms with Gasteiger partial charge in [-0.15, -0.1) is 0 Å². The molecule has 1 aromatic rings. The monoisotopic (exact) mass is 256 g/mol. The Balaban J connectivity index is 2.19. The third kappa shape index (κ3) is 2.42. The fourth-order valence-corrected chi connectivity index (χ4v) is 1.97. The minimum Gasteiger partial charge on any atom is -0.333 e. The molecule has 1 saturated heterocycles. The number of nitrogens with zero attached hydrogens (tertiary/aromatic N) is 1. The van der Waals surface area contributed by atoms with E-state index in [4.69, 9.17) is 11.6 Å². The van der Waals surface area contributed by atoms with Gasteiger partial charge in [-0.05, 0) is 25.1 Å². The van der Waals surface area contributed by atoms with E-state index in [1.807, 2.05) is 6.92 Å². The Morgan fingerprint density at radius 2 is 2.29 bits per heavy atom. The first-order valence-corrected chi connectivity index (χ1v) is 5.98. The van der Waals surface area contributed by atoms with Crippen LogP contribution >= 0.6 is 11.6 Å². The molecule has 1 heterocycles. The summed E-state index contributed by atoms with van der Waals surface area (Å²) in [6, 6.07) is 4.38. The second kappa shape index (κ2) is 5.02. The van der Waals surface area contributed by atoms with Crippen LogP contribution in [0.1, 0.15) is 17.3 Å². The third-order valence-electron chi connectivity index (χ3n) is 2.97. The summed E-state index contributed by atoms with van der Waals surface area (Å²) in [6.45, 7) is 4.14. The Morgan fingerprint density at radius 3 is 2.76 bits per heavy atom. The zero-order valence-corrected chi connectivity index (χ0v) is 10.3. The van der Waals surface area contributed by atoms with Crippen molar-refractivity contribution in [3.8, 4) is 0 Å². The van der Waals surface area contributed by atoms with Crippen LogP contribution < -0.4 is 5.32 Å². The van der Waals surface area contributed by atoms with E-state index in [9.17, 15) is 9.18 Å². The number of rotatable bonds is 3. The first-order chi connectivity index (χ1) is 8.13. The van der Waals surface area contributed by atoms with Crippen LogP contribution in [-0.2, 0) is 0 Å². The molecule has 0 bridgehead atoms. The smallest absolute Gasteiger partial charge is 0.254 e. The first kappa shape index (κ1) is 12.3. The lowest BCUT2D eigenvalue weighted by Crippen LogP contribution is -2.58. The molecule has 0 atom stereocenters. The minimum absolute atomic E-state index is 0.0370. The highest BCUT2D eigenvalue weighted by Gasteiger charge is 2.28. The number of benzene rings is 1. The summed E-state index contributed by atoms with van der Waals surface area (Å²) in [5.41, 5.74) is 0.348. The van der Waals surface area contributed by atoms with Crippen LogP contribution in [-0.4, -0.2) is 36.5 Å². The molecular weight excluding hydrogens is 243 g/mol. The number of carbonyl (C=O) groups excluding carboxylic acids is 1. The molecule has 2 rings (SSSR count). The SMILES string of the molecule is CCN(C(=O)c1ccc(Cl)c(F)c1)C1CNC1. The van der Waals surface area contributed by atoms with Gasteiger partial charge < -0.3 is 10.2 Å². The number of likely N-dealkylation sites (N-methyl/N-ethyl adjacent to an activating group) is 1. The molecular formula is C12H14ClFN2O. The van der Waals surface area contributed by atoms with Crippen LogP contribution in [0.3, 0.4) is 0 Å². The van der Waals surface area contributed by atoms with E-state index in [-0.39, 0.29) is 17.0 Å². The third-order valence-corrected chi connectivity index (χ3v) is 3.28. The van der Waals surface area contributed by atoms with Crippen molar-refractivity contribution in [2.24, 2.45) is 0 Å². The molecule has 5 heteroatoms. The van der Waals surface area contributed by atoms with Crippen molar-refractivity contribution in [3.05, 3.63) is 34.6 Å². The molecule has 1 amide bonds. The van der Waals surface area contributed by atoms with Crippen LogP contribution in [0, 0.1) is 5.82 Å². The molecule has 3 nitrogen and oxygen atoms in total. The van der Waals surface area contributed by atoms with Crippen molar-refractivity contribution in [2.45, 2.75) is 13.0 Å². The number of hydrogen-bond donors (Lipinski definition) is 1. The lowest BCUT2D eigenvalue weighted by molar-refractivity contribution is 0.0630. The number of amides is 1. The van der Waals surface area contributed by atoms with Gasteiger partial charge in [0.05, 0.1) is 11.1 Å². The summed E-state index contributed by atoms with van der Waals surface area (Å²) in [5, 5.41) is 3.15. The zero-order chi connectivity index (χ0) is 12.4. The van der Waals surface area contributed by atoms with Crippen molar-refractivity contribution < 1.29 is 9.18 Å². The molecule has 0 aliphatic carbocycles. The van der Waals surface area contributed by atoms with E-state index >= 15 is 0 Å². The molecule has 0 radical (unpaired) electrons. The number of halogens is 2. The topological polar surface area (TPSA) is 32.3 Å². The summed E-state index contributed by atoms with van der Waals surface area (Å²) >= 11 is 5.59. The second-order valence-corrected chi connectivity index (χ2v) is 4.44. The second-order valence-electron chi connectivity index (χ2n) is 4.03. The highest BCUT2D eigenvalue weighted by Crippen LogP contribution is 2.18. The normalized spacial score (nSPS) is 15.5. The fraction of sp³-hybridized carbons (Fsp3) is 0.417. The summed E-state index contributed by atoms with van der Waals surface area (Å²) in [7, 11) is 0. The van der Waals surface area contributed by atoms with E-state index < -0.39 is 5.82 Å². The number of nitrogens with one attached hydrogen (secondary N) is 1. The molecule has 92 valence electrons. The van der Waals surface area contributed by atoms with E-state index in [2.05, 4.69) is 5.32 Å². The molecule has 17 heavy (non-hydrogen) atoms. The van der Waals surface area contributed by atoms with Crippen molar-refractivity contribution in [3.63, 3.8) is 0 Å². The number of carbonyl (C=O) groups is 1. The first-order valence-electron chi connectivity index (χ1n) is 5.60. The molecule has 1 aliphatic rings. The van der Waals surface area contributed by atoms with E-state index in [0.29, 0.717) is 12.1 Å². The largest absolute Gasteiger partial charge is 0.333 e. The number of hydrogen-bond acceptors (Lipinski definition) is 2. The van der Waals surface area contributed by atoms with Gasteiger partial charge in [0.2, 0.25) is 0 Å². The van der Waals surface area contributed by atoms with Crippen molar-refractivity contribution >= 4 is 17.5 Å². The predicted octanol–water partition coefficient (Wildman–Crippen LogP) is 1.91. The molecule has 1 N–H and O–H groups in total. The maximum absolute atomic E-state index is 13.3. The Hall–Kier alpha value is -1.13. The van der Waals surface area contributed by atoms with Crippen LogP contribution in [0.25, 0.3) is 0 Å². The minimum atomic E-state index is -0.555. The van der Waals surface area contributed by atoms with Crippen molar-refractivity contribution in [2.75, 3.05) is 19.6 Å². The highest BCUT2D eigenvalue weighted by molar-refractivity contribution is 6.30. The van der Waals surface area contributed by atoms with Crippen molar-refractivity contribution in [1.29, 1.82) is 0 Å². The predicted molar refractivity (Wildman–Crippen MR) is 64.8 cm³/mol. The molecule has 1 aromatic carbocycles. The van der Waals surface area contributed by atoms with Crippen LogP contribution in [0.2, 0.25) is 5.02 Å². The molecule has 0 spiro atoms. The fourth-order valence-electron chi connectivity index (χ4n) is 1.86. The lowest BCUT2D eigenvalue weighted by Gasteiger charge is -2.37. The average molecular weight is 257 g/mol. The average Bonchev–Trinajstić information content (AvgIpc) is 2.26. The van der Waals surface area contributed by atoms with Gasteiger partial charge in [0.25, 0.3) is 5.91 Å². The lowest BCUT2D eigenvalue weighted by atomic mass is 10.1.